The van der Waals surface area contributed by atoms with E-state index in [1.807, 2.05) is 13.8 Å². The van der Waals surface area contributed by atoms with E-state index in [1.165, 1.54) is 9.75 Å². The van der Waals surface area contributed by atoms with Gasteiger partial charge >= 0.3 is 0 Å². The summed E-state index contributed by atoms with van der Waals surface area (Å²) in [6.45, 7) is 10.0. The molecule has 1 aliphatic rings. The van der Waals surface area contributed by atoms with Gasteiger partial charge in [0.2, 0.25) is 0 Å². The largest absolute Gasteiger partial charge is 0.357 e. The van der Waals surface area contributed by atoms with Crippen molar-refractivity contribution in [2.24, 2.45) is 4.99 Å². The number of sulfone groups is 1. The first-order chi connectivity index (χ1) is 13.2. The fourth-order valence-electron chi connectivity index (χ4n) is 3.15. The zero-order valence-corrected chi connectivity index (χ0v) is 19.3. The monoisotopic (exact) mass is 440 g/mol. The van der Waals surface area contributed by atoms with Crippen LogP contribution in [0.2, 0.25) is 0 Å². The quantitative estimate of drug-likeness (QED) is 0.571. The van der Waals surface area contributed by atoms with E-state index in [4.69, 9.17) is 4.99 Å². The molecular formula is C19H28N4O2S3. The van der Waals surface area contributed by atoms with Crippen molar-refractivity contribution in [3.63, 3.8) is 0 Å². The lowest BCUT2D eigenvalue weighted by Gasteiger charge is -2.39. The van der Waals surface area contributed by atoms with Gasteiger partial charge < -0.3 is 10.2 Å². The Labute approximate surface area is 175 Å². The molecule has 0 atom stereocenters. The Balaban J connectivity index is 1.65. The van der Waals surface area contributed by atoms with Gasteiger partial charge in [-0.05, 0) is 39.8 Å². The summed E-state index contributed by atoms with van der Waals surface area (Å²) in [6, 6.07) is 4.27. The summed E-state index contributed by atoms with van der Waals surface area (Å²) in [4.78, 5) is 13.9. The fourth-order valence-corrected chi connectivity index (χ4v) is 6.16. The van der Waals surface area contributed by atoms with Crippen LogP contribution in [0.4, 0.5) is 0 Å². The number of thiophene rings is 1. The molecule has 1 fully saturated rings. The minimum Gasteiger partial charge on any atom is -0.357 e. The van der Waals surface area contributed by atoms with E-state index in [9.17, 15) is 8.42 Å². The van der Waals surface area contributed by atoms with Crippen LogP contribution in [0.15, 0.2) is 22.5 Å². The lowest BCUT2D eigenvalue weighted by atomic mass is 10.2. The molecule has 2 aromatic rings. The summed E-state index contributed by atoms with van der Waals surface area (Å²) in [6.07, 6.45) is 0.859. The van der Waals surface area contributed by atoms with Crippen LogP contribution in [0.3, 0.4) is 0 Å². The Morgan fingerprint density at radius 3 is 2.82 bits per heavy atom. The van der Waals surface area contributed by atoms with Crippen molar-refractivity contribution in [2.45, 2.75) is 38.9 Å². The van der Waals surface area contributed by atoms with Gasteiger partial charge in [-0.1, -0.05) is 0 Å². The van der Waals surface area contributed by atoms with Crippen LogP contribution < -0.4 is 5.32 Å². The number of nitrogens with one attached hydrogen (secondary N) is 1. The molecule has 2 aromatic heterocycles. The van der Waals surface area contributed by atoms with E-state index in [-0.39, 0.29) is 5.75 Å². The standard InChI is InChI=1S/C19H28N4O2S3/c1-5-20-18(23-10-11-28(24,25)19(3,4)13-23)21-9-8-15-6-7-17(27-15)16-12-26-14(2)22-16/h6-7,12H,5,8-11,13H2,1-4H3,(H,20,21). The first-order valence-electron chi connectivity index (χ1n) is 9.48. The molecule has 3 rings (SSSR count). The maximum absolute atomic E-state index is 12.3. The molecule has 3 heterocycles. The second kappa shape index (κ2) is 8.51. The van der Waals surface area contributed by atoms with Crippen molar-refractivity contribution in [1.29, 1.82) is 0 Å². The number of aliphatic imine (C=N–C) groups is 1. The highest BCUT2D eigenvalue weighted by Crippen LogP contribution is 2.29. The average Bonchev–Trinajstić information content (AvgIpc) is 3.25. The van der Waals surface area contributed by atoms with Crippen molar-refractivity contribution >= 4 is 38.5 Å². The fraction of sp³-hybridized carbons (Fsp3) is 0.579. The Kier molecular flexibility index (Phi) is 6.46. The molecule has 0 unspecified atom stereocenters. The van der Waals surface area contributed by atoms with E-state index in [0.29, 0.717) is 19.6 Å². The van der Waals surface area contributed by atoms with E-state index in [0.717, 1.165) is 29.6 Å². The van der Waals surface area contributed by atoms with Crippen LogP contribution in [0.5, 0.6) is 0 Å². The number of hydrogen-bond donors (Lipinski definition) is 1. The van der Waals surface area contributed by atoms with Gasteiger partial charge in [0.15, 0.2) is 15.8 Å². The lowest BCUT2D eigenvalue weighted by molar-refractivity contribution is 0.353. The molecule has 0 bridgehead atoms. The number of nitrogens with zero attached hydrogens (tertiary/aromatic N) is 3. The predicted octanol–water partition coefficient (Wildman–Crippen LogP) is 3.20. The molecule has 0 aliphatic carbocycles. The average molecular weight is 441 g/mol. The van der Waals surface area contributed by atoms with Gasteiger partial charge in [0.1, 0.15) is 0 Å². The van der Waals surface area contributed by atoms with E-state index in [1.54, 1.807) is 36.5 Å². The maximum atomic E-state index is 12.3. The molecule has 6 nitrogen and oxygen atoms in total. The first-order valence-corrected chi connectivity index (χ1v) is 12.8. The Morgan fingerprint density at radius 1 is 1.39 bits per heavy atom. The summed E-state index contributed by atoms with van der Waals surface area (Å²) < 4.78 is 23.8. The van der Waals surface area contributed by atoms with E-state index >= 15 is 0 Å². The molecule has 154 valence electrons. The number of hydrogen-bond acceptors (Lipinski definition) is 6. The van der Waals surface area contributed by atoms with Crippen molar-refractivity contribution in [2.75, 3.05) is 31.9 Å². The van der Waals surface area contributed by atoms with Crippen LogP contribution in [0.25, 0.3) is 10.6 Å². The van der Waals surface area contributed by atoms with Crippen molar-refractivity contribution < 1.29 is 8.42 Å². The van der Waals surface area contributed by atoms with E-state index in [2.05, 4.69) is 32.7 Å². The highest BCUT2D eigenvalue weighted by atomic mass is 32.2. The number of rotatable bonds is 5. The summed E-state index contributed by atoms with van der Waals surface area (Å²) in [5.74, 6) is 0.976. The second-order valence-electron chi connectivity index (χ2n) is 7.50. The minimum atomic E-state index is -3.06. The van der Waals surface area contributed by atoms with Gasteiger partial charge in [-0.25, -0.2) is 13.4 Å². The summed E-state index contributed by atoms with van der Waals surface area (Å²) >= 11 is 3.43. The van der Waals surface area contributed by atoms with Crippen molar-refractivity contribution in [3.05, 3.63) is 27.4 Å². The lowest BCUT2D eigenvalue weighted by Crippen LogP contribution is -2.57. The van der Waals surface area contributed by atoms with Gasteiger partial charge in [0.05, 0.1) is 26.1 Å². The second-order valence-corrected chi connectivity index (χ2v) is 12.5. The molecule has 9 heteroatoms. The molecule has 1 saturated heterocycles. The minimum absolute atomic E-state index is 0.172. The van der Waals surface area contributed by atoms with Gasteiger partial charge in [-0.3, -0.25) is 4.99 Å². The predicted molar refractivity (Wildman–Crippen MR) is 119 cm³/mol. The molecule has 1 N–H and O–H groups in total. The summed E-state index contributed by atoms with van der Waals surface area (Å²) in [5.41, 5.74) is 1.05. The molecule has 0 amide bonds. The molecular weight excluding hydrogens is 412 g/mol. The number of aromatic nitrogens is 1. The van der Waals surface area contributed by atoms with Gasteiger partial charge in [0, 0.05) is 42.9 Å². The smallest absolute Gasteiger partial charge is 0.194 e. The molecule has 28 heavy (non-hydrogen) atoms. The van der Waals surface area contributed by atoms with E-state index < -0.39 is 14.6 Å². The Bertz CT molecular complexity index is 944. The van der Waals surface area contributed by atoms with Gasteiger partial charge in [-0.2, -0.15) is 0 Å². The zero-order valence-electron chi connectivity index (χ0n) is 16.9. The topological polar surface area (TPSA) is 74.7 Å². The molecule has 0 aromatic carbocycles. The summed E-state index contributed by atoms with van der Waals surface area (Å²) in [5, 5.41) is 6.49. The van der Waals surface area contributed by atoms with Crippen LogP contribution >= 0.6 is 22.7 Å². The number of aryl methyl sites for hydroxylation is 1. The molecule has 0 radical (unpaired) electrons. The highest BCUT2D eigenvalue weighted by Gasteiger charge is 2.40. The Hall–Kier alpha value is -1.45. The molecule has 0 spiro atoms. The Morgan fingerprint density at radius 2 is 2.18 bits per heavy atom. The summed E-state index contributed by atoms with van der Waals surface area (Å²) in [7, 11) is -3.06. The van der Waals surface area contributed by atoms with Gasteiger partial charge in [-0.15, -0.1) is 22.7 Å². The van der Waals surface area contributed by atoms with Crippen molar-refractivity contribution in [1.82, 2.24) is 15.2 Å². The third-order valence-corrected chi connectivity index (χ3v) is 9.30. The first kappa shape index (κ1) is 21.3. The third-order valence-electron chi connectivity index (χ3n) is 4.83. The van der Waals surface area contributed by atoms with Crippen molar-refractivity contribution in [3.8, 4) is 10.6 Å². The highest BCUT2D eigenvalue weighted by molar-refractivity contribution is 7.92. The van der Waals surface area contributed by atoms with Crippen LogP contribution in [0.1, 0.15) is 30.7 Å². The third kappa shape index (κ3) is 4.75. The van der Waals surface area contributed by atoms with Crippen LogP contribution in [-0.2, 0) is 16.3 Å². The molecule has 1 aliphatic heterocycles. The molecule has 0 saturated carbocycles. The number of thiazole rings is 1. The maximum Gasteiger partial charge on any atom is 0.194 e. The van der Waals surface area contributed by atoms with Crippen LogP contribution in [0, 0.1) is 6.92 Å². The SMILES string of the molecule is CCNC(=NCCc1ccc(-c2csc(C)n2)s1)N1CCS(=O)(=O)C(C)(C)C1. The zero-order chi connectivity index (χ0) is 20.4. The normalized spacial score (nSPS) is 19.0. The van der Waals surface area contributed by atoms with Gasteiger partial charge in [0.25, 0.3) is 0 Å². The number of guanidine groups is 1. The van der Waals surface area contributed by atoms with Crippen LogP contribution in [-0.4, -0.2) is 60.9 Å².